The van der Waals surface area contributed by atoms with Crippen molar-refractivity contribution in [2.75, 3.05) is 11.9 Å². The number of hydroxylamine groups is 1. The number of sulfonamides is 1. The van der Waals surface area contributed by atoms with E-state index in [4.69, 9.17) is 4.84 Å². The molecule has 0 saturated heterocycles. The van der Waals surface area contributed by atoms with Crippen molar-refractivity contribution < 1.29 is 13.3 Å². The molecule has 0 bridgehead atoms. The Morgan fingerprint density at radius 2 is 2.00 bits per heavy atom. The molecule has 114 valence electrons. The Morgan fingerprint density at radius 3 is 2.82 bits per heavy atom. The lowest BCUT2D eigenvalue weighted by atomic mass is 10.2. The summed E-state index contributed by atoms with van der Waals surface area (Å²) in [6.45, 7) is 0.383. The van der Waals surface area contributed by atoms with Crippen LogP contribution in [0.5, 0.6) is 0 Å². The molecule has 1 aliphatic heterocycles. The molecule has 1 aromatic carbocycles. The van der Waals surface area contributed by atoms with Gasteiger partial charge in [0.25, 0.3) is 10.0 Å². The Hall–Kier alpha value is -2.45. The van der Waals surface area contributed by atoms with Crippen LogP contribution < -0.4 is 10.8 Å². The van der Waals surface area contributed by atoms with Crippen LogP contribution in [0.1, 0.15) is 5.56 Å². The summed E-state index contributed by atoms with van der Waals surface area (Å²) in [5, 5.41) is 2.85. The van der Waals surface area contributed by atoms with Crippen molar-refractivity contribution >= 4 is 21.7 Å². The Labute approximate surface area is 128 Å². The number of hydrogen-bond donors (Lipinski definition) is 2. The van der Waals surface area contributed by atoms with Gasteiger partial charge < -0.3 is 5.32 Å². The summed E-state index contributed by atoms with van der Waals surface area (Å²) in [6, 6.07) is 11.4. The lowest BCUT2D eigenvalue weighted by molar-refractivity contribution is 0.0877. The Morgan fingerprint density at radius 1 is 1.18 bits per heavy atom. The zero-order valence-corrected chi connectivity index (χ0v) is 12.4. The Bertz CT molecular complexity index is 791. The average Bonchev–Trinajstić information content (AvgIpc) is 2.52. The minimum absolute atomic E-state index is 0.0340. The van der Waals surface area contributed by atoms with Crippen LogP contribution in [-0.4, -0.2) is 26.0 Å². The highest BCUT2D eigenvalue weighted by molar-refractivity contribution is 7.90. The second-order valence-corrected chi connectivity index (χ2v) is 6.17. The molecule has 1 aliphatic rings. The maximum atomic E-state index is 12.0. The van der Waals surface area contributed by atoms with Crippen molar-refractivity contribution in [3.05, 3.63) is 54.4 Å². The predicted octanol–water partition coefficient (Wildman–Crippen LogP) is 1.32. The third kappa shape index (κ3) is 3.23. The number of nitrogens with one attached hydrogen (secondary N) is 2. The third-order valence-electron chi connectivity index (χ3n) is 3.03. The van der Waals surface area contributed by atoms with Gasteiger partial charge >= 0.3 is 0 Å². The van der Waals surface area contributed by atoms with Crippen molar-refractivity contribution in [1.29, 1.82) is 0 Å². The van der Waals surface area contributed by atoms with E-state index in [1.165, 1.54) is 12.4 Å². The smallest absolute Gasteiger partial charge is 0.289 e. The number of hydrogen-bond acceptors (Lipinski definition) is 6. The molecule has 0 atom stereocenters. The molecule has 8 heteroatoms. The highest BCUT2D eigenvalue weighted by atomic mass is 32.2. The summed E-state index contributed by atoms with van der Waals surface area (Å²) < 4.78 is 27.6. The van der Waals surface area contributed by atoms with Crippen LogP contribution in [0, 0.1) is 0 Å². The molecular formula is C14H14N4O3S. The van der Waals surface area contributed by atoms with Crippen LogP contribution in [-0.2, 0) is 21.3 Å². The van der Waals surface area contributed by atoms with E-state index in [-0.39, 0.29) is 10.9 Å². The monoisotopic (exact) mass is 318 g/mol. The summed E-state index contributed by atoms with van der Waals surface area (Å²) >= 11 is 0. The minimum Gasteiger partial charge on any atom is -0.322 e. The fourth-order valence-electron chi connectivity index (χ4n) is 1.99. The van der Waals surface area contributed by atoms with E-state index in [0.29, 0.717) is 18.7 Å². The van der Waals surface area contributed by atoms with Crippen LogP contribution in [0.3, 0.4) is 0 Å². The van der Waals surface area contributed by atoms with Gasteiger partial charge in [0.15, 0.2) is 0 Å². The summed E-state index contributed by atoms with van der Waals surface area (Å²) in [7, 11) is -3.76. The van der Waals surface area contributed by atoms with E-state index >= 15 is 0 Å². The predicted molar refractivity (Wildman–Crippen MR) is 81.7 cm³/mol. The summed E-state index contributed by atoms with van der Waals surface area (Å²) in [5.41, 5.74) is 4.07. The van der Waals surface area contributed by atoms with Crippen LogP contribution in [0.15, 0.2) is 58.1 Å². The van der Waals surface area contributed by atoms with E-state index in [1.54, 1.807) is 6.07 Å². The number of fused-ring (bicyclic) bond motifs is 1. The van der Waals surface area contributed by atoms with Gasteiger partial charge in [0.05, 0.1) is 12.3 Å². The molecule has 2 N–H and O–H groups in total. The maximum Gasteiger partial charge on any atom is 0.289 e. The fraction of sp³-hybridized carbons (Fsp3) is 0.143. The highest BCUT2D eigenvalue weighted by Crippen LogP contribution is 2.24. The van der Waals surface area contributed by atoms with E-state index in [2.05, 4.69) is 20.2 Å². The fourth-order valence-corrected chi connectivity index (χ4v) is 3.00. The van der Waals surface area contributed by atoms with E-state index in [9.17, 15) is 8.42 Å². The van der Waals surface area contributed by atoms with Crippen LogP contribution in [0.25, 0.3) is 0 Å². The van der Waals surface area contributed by atoms with Gasteiger partial charge in [-0.05, 0) is 18.1 Å². The number of benzene rings is 1. The zero-order chi connectivity index (χ0) is 15.4. The lowest BCUT2D eigenvalue weighted by Gasteiger charge is -2.18. The van der Waals surface area contributed by atoms with Crippen molar-refractivity contribution in [3.63, 3.8) is 0 Å². The molecular weight excluding hydrogens is 304 g/mol. The number of anilines is 1. The largest absolute Gasteiger partial charge is 0.322 e. The number of rotatable bonds is 4. The Balaban J connectivity index is 1.59. The van der Waals surface area contributed by atoms with Crippen molar-refractivity contribution in [3.8, 4) is 0 Å². The zero-order valence-electron chi connectivity index (χ0n) is 11.6. The first-order valence-electron chi connectivity index (χ1n) is 6.63. The lowest BCUT2D eigenvalue weighted by Crippen LogP contribution is -2.35. The van der Waals surface area contributed by atoms with Gasteiger partial charge in [-0.25, -0.2) is 5.48 Å². The quantitative estimate of drug-likeness (QED) is 0.652. The topological polar surface area (TPSA) is 92.7 Å². The second kappa shape index (κ2) is 6.12. The van der Waals surface area contributed by atoms with Crippen molar-refractivity contribution in [2.45, 2.75) is 11.3 Å². The molecule has 0 radical (unpaired) electrons. The average molecular weight is 318 g/mol. The molecule has 0 spiro atoms. The van der Waals surface area contributed by atoms with Gasteiger partial charge in [-0.2, -0.15) is 8.42 Å². The van der Waals surface area contributed by atoms with E-state index < -0.39 is 10.0 Å². The molecule has 3 rings (SSSR count). The molecule has 2 heterocycles. The first-order valence-corrected chi connectivity index (χ1v) is 8.07. The molecule has 2 aromatic rings. The van der Waals surface area contributed by atoms with E-state index in [1.807, 2.05) is 30.3 Å². The molecule has 0 fully saturated rings. The molecule has 0 amide bonds. The van der Waals surface area contributed by atoms with Gasteiger partial charge in [-0.1, -0.05) is 30.3 Å². The second-order valence-electron chi connectivity index (χ2n) is 4.60. The minimum atomic E-state index is -3.76. The molecule has 1 aromatic heterocycles. The van der Waals surface area contributed by atoms with Crippen LogP contribution >= 0.6 is 0 Å². The summed E-state index contributed by atoms with van der Waals surface area (Å²) in [5.74, 6) is 0.0340. The normalized spacial score (nSPS) is 15.4. The van der Waals surface area contributed by atoms with Gasteiger partial charge in [-0.15, -0.1) is 4.40 Å². The van der Waals surface area contributed by atoms with Gasteiger partial charge in [0.2, 0.25) is 5.96 Å². The van der Waals surface area contributed by atoms with Gasteiger partial charge in [0.1, 0.15) is 4.90 Å². The molecule has 22 heavy (non-hydrogen) atoms. The van der Waals surface area contributed by atoms with Gasteiger partial charge in [-0.3, -0.25) is 9.82 Å². The molecule has 0 aliphatic carbocycles. The van der Waals surface area contributed by atoms with Crippen molar-refractivity contribution in [1.82, 2.24) is 10.5 Å². The first kappa shape index (κ1) is 14.5. The summed E-state index contributed by atoms with van der Waals surface area (Å²) in [6.07, 6.45) is 3.46. The number of aromatic nitrogens is 1. The molecule has 0 saturated carbocycles. The maximum absolute atomic E-state index is 12.0. The number of guanidine groups is 1. The standard InChI is InChI=1S/C14H14N4O3S/c19-22(20)13-10-15-8-6-12(13)16-14(18-22)17-21-9-7-11-4-2-1-3-5-11/h1-6,8,10H,7,9H2,(H2,16,17,18). The first-order chi connectivity index (χ1) is 10.6. The molecule has 0 unspecified atom stereocenters. The molecule has 7 nitrogen and oxygen atoms in total. The van der Waals surface area contributed by atoms with Gasteiger partial charge in [0, 0.05) is 12.4 Å². The number of nitrogens with zero attached hydrogens (tertiary/aromatic N) is 2. The van der Waals surface area contributed by atoms with E-state index in [0.717, 1.165) is 5.56 Å². The SMILES string of the molecule is O=S1(=O)N=C(NOCCc2ccccc2)Nc2ccncc21. The van der Waals surface area contributed by atoms with Crippen LogP contribution in [0.4, 0.5) is 5.69 Å². The third-order valence-corrected chi connectivity index (χ3v) is 4.34. The number of pyridine rings is 1. The Kier molecular flexibility index (Phi) is 4.03. The highest BCUT2D eigenvalue weighted by Gasteiger charge is 2.24. The summed E-state index contributed by atoms with van der Waals surface area (Å²) in [4.78, 5) is 9.10. The van der Waals surface area contributed by atoms with Crippen LogP contribution in [0.2, 0.25) is 0 Å². The van der Waals surface area contributed by atoms with Crippen molar-refractivity contribution in [2.24, 2.45) is 4.40 Å².